The summed E-state index contributed by atoms with van der Waals surface area (Å²) in [4.78, 5) is 12.7. The van der Waals surface area contributed by atoms with Crippen molar-refractivity contribution in [2.75, 3.05) is 10.8 Å². The highest BCUT2D eigenvalue weighted by Gasteiger charge is 2.27. The van der Waals surface area contributed by atoms with Crippen molar-refractivity contribution in [3.05, 3.63) is 92.9 Å². The molecule has 1 N–H and O–H groups in total. The first-order valence-corrected chi connectivity index (χ1v) is 12.3. The Labute approximate surface area is 205 Å². The van der Waals surface area contributed by atoms with Gasteiger partial charge in [-0.1, -0.05) is 69.5 Å². The predicted octanol–water partition coefficient (Wildman–Crippen LogP) is 5.49. The summed E-state index contributed by atoms with van der Waals surface area (Å²) in [6.07, 6.45) is 0. The standard InChI is InChI=1S/C22H18BrCl2N3O3S/c1-15(16-7-9-17(23)10-8-16)26-27-22(29)14-28(18-11-12-20(24)21(25)13-18)32(30,31)19-5-3-2-4-6-19/h2-13H,14H2,1H3,(H,27,29)/b26-15-. The summed E-state index contributed by atoms with van der Waals surface area (Å²) in [6.45, 7) is 1.23. The van der Waals surface area contributed by atoms with Crippen molar-refractivity contribution in [3.63, 3.8) is 0 Å². The number of carbonyl (C=O) groups excluding carboxylic acids is 1. The van der Waals surface area contributed by atoms with Crippen molar-refractivity contribution >= 4 is 66.5 Å². The van der Waals surface area contributed by atoms with Crippen LogP contribution in [0.2, 0.25) is 10.0 Å². The first-order chi connectivity index (χ1) is 15.2. The van der Waals surface area contributed by atoms with Crippen LogP contribution in [0.3, 0.4) is 0 Å². The maximum Gasteiger partial charge on any atom is 0.264 e. The Balaban J connectivity index is 1.88. The van der Waals surface area contributed by atoms with Crippen LogP contribution in [0, 0.1) is 0 Å². The van der Waals surface area contributed by atoms with E-state index in [0.29, 0.717) is 5.71 Å². The van der Waals surface area contributed by atoms with Gasteiger partial charge in [0.15, 0.2) is 0 Å². The first kappa shape index (κ1) is 24.3. The number of anilines is 1. The van der Waals surface area contributed by atoms with E-state index in [4.69, 9.17) is 23.2 Å². The average molecular weight is 555 g/mol. The summed E-state index contributed by atoms with van der Waals surface area (Å²) in [5.41, 5.74) is 4.00. The number of nitrogens with zero attached hydrogens (tertiary/aromatic N) is 2. The maximum absolute atomic E-state index is 13.3. The van der Waals surface area contributed by atoms with Crippen LogP contribution < -0.4 is 9.73 Å². The normalized spacial score (nSPS) is 11.8. The fraction of sp³-hybridized carbons (Fsp3) is 0.0909. The third-order valence-corrected chi connectivity index (χ3v) is 7.48. The molecule has 1 amide bonds. The zero-order valence-electron chi connectivity index (χ0n) is 16.8. The molecule has 0 aromatic heterocycles. The van der Waals surface area contributed by atoms with Crippen LogP contribution in [0.15, 0.2) is 87.3 Å². The smallest absolute Gasteiger partial charge is 0.264 e. The fourth-order valence-corrected chi connectivity index (χ4v) is 4.73. The lowest BCUT2D eigenvalue weighted by Crippen LogP contribution is -2.39. The number of nitrogens with one attached hydrogen (secondary N) is 1. The van der Waals surface area contributed by atoms with Crippen LogP contribution in [-0.4, -0.2) is 26.6 Å². The molecule has 0 spiro atoms. The van der Waals surface area contributed by atoms with Gasteiger partial charge in [-0.2, -0.15) is 5.10 Å². The van der Waals surface area contributed by atoms with Gasteiger partial charge in [0.2, 0.25) is 0 Å². The monoisotopic (exact) mass is 553 g/mol. The Kier molecular flexibility index (Phi) is 7.95. The minimum atomic E-state index is -4.06. The highest BCUT2D eigenvalue weighted by molar-refractivity contribution is 9.10. The van der Waals surface area contributed by atoms with Crippen LogP contribution >= 0.6 is 39.1 Å². The molecule has 0 aliphatic carbocycles. The molecule has 0 atom stereocenters. The van der Waals surface area contributed by atoms with Crippen molar-refractivity contribution in [2.45, 2.75) is 11.8 Å². The van der Waals surface area contributed by atoms with Crippen molar-refractivity contribution in [1.82, 2.24) is 5.43 Å². The van der Waals surface area contributed by atoms with Gasteiger partial charge in [0.05, 0.1) is 26.3 Å². The lowest BCUT2D eigenvalue weighted by Gasteiger charge is -2.24. The molecule has 0 saturated carbocycles. The molecular weight excluding hydrogens is 537 g/mol. The third-order valence-electron chi connectivity index (χ3n) is 4.42. The Bertz CT molecular complexity index is 1250. The van der Waals surface area contributed by atoms with Crippen LogP contribution in [0.1, 0.15) is 12.5 Å². The van der Waals surface area contributed by atoms with Crippen LogP contribution in [0.25, 0.3) is 0 Å². The molecule has 166 valence electrons. The van der Waals surface area contributed by atoms with E-state index in [-0.39, 0.29) is 20.6 Å². The Morgan fingerprint density at radius 3 is 2.28 bits per heavy atom. The first-order valence-electron chi connectivity index (χ1n) is 9.30. The van der Waals surface area contributed by atoms with E-state index in [9.17, 15) is 13.2 Å². The number of hydrogen-bond donors (Lipinski definition) is 1. The average Bonchev–Trinajstić information content (AvgIpc) is 2.78. The maximum atomic E-state index is 13.3. The van der Waals surface area contributed by atoms with Crippen molar-refractivity contribution in [3.8, 4) is 0 Å². The number of hydrazone groups is 1. The number of amides is 1. The molecule has 3 rings (SSSR count). The number of sulfonamides is 1. The molecule has 0 saturated heterocycles. The largest absolute Gasteiger partial charge is 0.271 e. The molecule has 0 radical (unpaired) electrons. The summed E-state index contributed by atoms with van der Waals surface area (Å²) < 4.78 is 28.5. The van der Waals surface area contributed by atoms with E-state index < -0.39 is 22.5 Å². The van der Waals surface area contributed by atoms with Crippen molar-refractivity contribution in [1.29, 1.82) is 0 Å². The molecule has 3 aromatic rings. The van der Waals surface area contributed by atoms with Gasteiger partial charge in [-0.05, 0) is 55.0 Å². The van der Waals surface area contributed by atoms with E-state index in [1.807, 2.05) is 24.3 Å². The molecule has 6 nitrogen and oxygen atoms in total. The topological polar surface area (TPSA) is 78.8 Å². The number of benzene rings is 3. The summed E-state index contributed by atoms with van der Waals surface area (Å²) in [5.74, 6) is -0.618. The van der Waals surface area contributed by atoms with Gasteiger partial charge in [0.25, 0.3) is 15.9 Å². The third kappa shape index (κ3) is 5.89. The van der Waals surface area contributed by atoms with Crippen LogP contribution in [-0.2, 0) is 14.8 Å². The number of rotatable bonds is 7. The predicted molar refractivity (Wildman–Crippen MR) is 132 cm³/mol. The fourth-order valence-electron chi connectivity index (χ4n) is 2.74. The second-order valence-corrected chi connectivity index (χ2v) is 10.3. The van der Waals surface area contributed by atoms with Gasteiger partial charge >= 0.3 is 0 Å². The van der Waals surface area contributed by atoms with E-state index in [1.165, 1.54) is 30.3 Å². The van der Waals surface area contributed by atoms with E-state index in [0.717, 1.165) is 14.3 Å². The SMILES string of the molecule is C/C(=N/NC(=O)CN(c1ccc(Cl)c(Cl)c1)S(=O)(=O)c1ccccc1)c1ccc(Br)cc1. The van der Waals surface area contributed by atoms with Crippen molar-refractivity contribution in [2.24, 2.45) is 5.10 Å². The summed E-state index contributed by atoms with van der Waals surface area (Å²) in [5, 5.41) is 4.53. The summed E-state index contributed by atoms with van der Waals surface area (Å²) in [6, 6.07) is 19.6. The quantitative estimate of drug-likeness (QED) is 0.310. The molecule has 0 bridgehead atoms. The second kappa shape index (κ2) is 10.5. The molecule has 0 aliphatic rings. The molecule has 0 unspecified atom stereocenters. The van der Waals surface area contributed by atoms with Gasteiger partial charge in [-0.3, -0.25) is 9.10 Å². The molecule has 10 heteroatoms. The van der Waals surface area contributed by atoms with Gasteiger partial charge in [-0.15, -0.1) is 0 Å². The van der Waals surface area contributed by atoms with Crippen LogP contribution in [0.4, 0.5) is 5.69 Å². The lowest BCUT2D eigenvalue weighted by molar-refractivity contribution is -0.119. The molecule has 32 heavy (non-hydrogen) atoms. The van der Waals surface area contributed by atoms with E-state index >= 15 is 0 Å². The number of halogens is 3. The number of hydrogen-bond acceptors (Lipinski definition) is 4. The minimum absolute atomic E-state index is 0.0356. The number of carbonyl (C=O) groups is 1. The molecule has 3 aromatic carbocycles. The Morgan fingerprint density at radius 2 is 1.66 bits per heavy atom. The highest BCUT2D eigenvalue weighted by atomic mass is 79.9. The second-order valence-electron chi connectivity index (χ2n) is 6.66. The molecule has 0 aliphatic heterocycles. The van der Waals surface area contributed by atoms with Gasteiger partial charge < -0.3 is 0 Å². The Morgan fingerprint density at radius 1 is 1.00 bits per heavy atom. The van der Waals surface area contributed by atoms with Crippen LogP contribution in [0.5, 0.6) is 0 Å². The van der Waals surface area contributed by atoms with Gasteiger partial charge in [0.1, 0.15) is 6.54 Å². The molecular formula is C22H18BrCl2N3O3S. The van der Waals surface area contributed by atoms with Crippen molar-refractivity contribution < 1.29 is 13.2 Å². The Hall–Kier alpha value is -2.39. The minimum Gasteiger partial charge on any atom is -0.271 e. The van der Waals surface area contributed by atoms with E-state index in [2.05, 4.69) is 26.5 Å². The highest BCUT2D eigenvalue weighted by Crippen LogP contribution is 2.30. The lowest BCUT2D eigenvalue weighted by atomic mass is 10.1. The zero-order chi connectivity index (χ0) is 23.3. The van der Waals surface area contributed by atoms with Gasteiger partial charge in [0, 0.05) is 4.47 Å². The van der Waals surface area contributed by atoms with E-state index in [1.54, 1.807) is 25.1 Å². The molecule has 0 fully saturated rings. The summed E-state index contributed by atoms with van der Waals surface area (Å²) >= 11 is 15.4. The molecule has 0 heterocycles. The summed E-state index contributed by atoms with van der Waals surface area (Å²) in [7, 11) is -4.06. The zero-order valence-corrected chi connectivity index (χ0v) is 20.7. The van der Waals surface area contributed by atoms with Gasteiger partial charge in [-0.25, -0.2) is 13.8 Å².